The Balaban J connectivity index is 0.000000527. The summed E-state index contributed by atoms with van der Waals surface area (Å²) >= 11 is 0. The molecule has 0 aliphatic heterocycles. The van der Waals surface area contributed by atoms with Crippen LogP contribution in [0.25, 0.3) is 0 Å². The van der Waals surface area contributed by atoms with Gasteiger partial charge in [-0.05, 0) is 35.8 Å². The Morgan fingerprint density at radius 1 is 0.724 bits per heavy atom. The largest absolute Gasteiger partial charge is 0.396 e. The number of hydrogen-bond donors (Lipinski definition) is 1. The molecule has 0 saturated heterocycles. The van der Waals surface area contributed by atoms with E-state index in [0.29, 0.717) is 11.8 Å². The van der Waals surface area contributed by atoms with Crippen LogP contribution < -0.4 is 5.19 Å². The summed E-state index contributed by atoms with van der Waals surface area (Å²) in [5, 5.41) is 10.8. The third-order valence-corrected chi connectivity index (χ3v) is 7.87. The number of rotatable bonds is 6. The molecule has 0 aliphatic rings. The van der Waals surface area contributed by atoms with E-state index in [4.69, 9.17) is 0 Å². The van der Waals surface area contributed by atoms with Crippen LogP contribution in [0.3, 0.4) is 0 Å². The Bertz CT molecular complexity index is 678. The smallest absolute Gasteiger partial charge is 0.0775 e. The molecule has 2 rings (SSSR count). The zero-order valence-electron chi connectivity index (χ0n) is 19.6. The summed E-state index contributed by atoms with van der Waals surface area (Å²) in [6, 6.07) is 17.7. The van der Waals surface area contributed by atoms with Gasteiger partial charge in [-0.3, -0.25) is 0 Å². The van der Waals surface area contributed by atoms with Crippen LogP contribution in [-0.2, 0) is 0 Å². The van der Waals surface area contributed by atoms with Crippen molar-refractivity contribution < 1.29 is 5.11 Å². The molecular weight excluding hydrogens is 368 g/mol. The third kappa shape index (κ3) is 8.88. The standard InChI is InChI=1S/C14H24Si.C12H18O.CH4/c1-11(2)12(3)13-7-9-14(10-8-13)15(4,5)6;1-9(2)12(8-13)11-6-4-10(3)5-7-11;/h7-12H,1-6H3;4-7,9,12-13H,8H2,1-3H3;1H4. The molecule has 1 N–H and O–H groups in total. The van der Waals surface area contributed by atoms with Crippen LogP contribution in [-0.4, -0.2) is 19.8 Å². The van der Waals surface area contributed by atoms with Crippen molar-refractivity contribution in [3.05, 3.63) is 65.2 Å². The van der Waals surface area contributed by atoms with Gasteiger partial charge in [0.05, 0.1) is 14.7 Å². The summed E-state index contributed by atoms with van der Waals surface area (Å²) in [4.78, 5) is 0. The number of benzene rings is 2. The summed E-state index contributed by atoms with van der Waals surface area (Å²) in [7, 11) is -1.12. The van der Waals surface area contributed by atoms with E-state index in [2.05, 4.69) is 110 Å². The molecular formula is C27H46OSi. The highest BCUT2D eigenvalue weighted by Crippen LogP contribution is 2.24. The number of aryl methyl sites for hydroxylation is 1. The van der Waals surface area contributed by atoms with E-state index in [1.165, 1.54) is 16.7 Å². The van der Waals surface area contributed by atoms with Crippen molar-refractivity contribution in [2.24, 2.45) is 11.8 Å². The van der Waals surface area contributed by atoms with E-state index in [9.17, 15) is 5.11 Å². The van der Waals surface area contributed by atoms with Gasteiger partial charge in [0.25, 0.3) is 0 Å². The van der Waals surface area contributed by atoms with E-state index < -0.39 is 8.07 Å². The Morgan fingerprint density at radius 2 is 1.17 bits per heavy atom. The van der Waals surface area contributed by atoms with E-state index in [1.54, 1.807) is 5.19 Å². The van der Waals surface area contributed by atoms with Crippen LogP contribution in [0.4, 0.5) is 0 Å². The average molecular weight is 415 g/mol. The zero-order chi connectivity index (χ0) is 21.5. The molecule has 0 radical (unpaired) electrons. The van der Waals surface area contributed by atoms with E-state index in [1.807, 2.05) is 0 Å². The summed E-state index contributed by atoms with van der Waals surface area (Å²) < 4.78 is 0. The normalized spacial score (nSPS) is 13.4. The zero-order valence-corrected chi connectivity index (χ0v) is 20.6. The first kappa shape index (κ1) is 27.6. The van der Waals surface area contributed by atoms with Crippen LogP contribution in [0, 0.1) is 18.8 Å². The minimum absolute atomic E-state index is 0. The second kappa shape index (κ2) is 12.3. The lowest BCUT2D eigenvalue weighted by molar-refractivity contribution is 0.237. The van der Waals surface area contributed by atoms with Gasteiger partial charge >= 0.3 is 0 Å². The van der Waals surface area contributed by atoms with Crippen molar-refractivity contribution in [1.29, 1.82) is 0 Å². The first-order valence-electron chi connectivity index (χ1n) is 10.7. The fourth-order valence-electron chi connectivity index (χ4n) is 3.19. The quantitative estimate of drug-likeness (QED) is 0.490. The molecule has 0 fully saturated rings. The van der Waals surface area contributed by atoms with E-state index >= 15 is 0 Å². The second-order valence-corrected chi connectivity index (χ2v) is 14.9. The lowest BCUT2D eigenvalue weighted by atomic mass is 9.89. The van der Waals surface area contributed by atoms with Crippen LogP contribution in [0.5, 0.6) is 0 Å². The summed E-state index contributed by atoms with van der Waals surface area (Å²) in [6.45, 7) is 20.7. The van der Waals surface area contributed by atoms with Crippen molar-refractivity contribution >= 4 is 13.3 Å². The van der Waals surface area contributed by atoms with Crippen molar-refractivity contribution in [2.45, 2.75) is 80.4 Å². The summed E-state index contributed by atoms with van der Waals surface area (Å²) in [5.74, 6) is 2.16. The third-order valence-electron chi connectivity index (χ3n) is 5.81. The molecule has 0 spiro atoms. The molecule has 2 aromatic rings. The highest BCUT2D eigenvalue weighted by atomic mass is 28.3. The Kier molecular flexibility index (Phi) is 11.8. The van der Waals surface area contributed by atoms with Crippen LogP contribution >= 0.6 is 0 Å². The van der Waals surface area contributed by atoms with Gasteiger partial charge in [0, 0.05) is 5.92 Å². The van der Waals surface area contributed by atoms with Crippen molar-refractivity contribution in [1.82, 2.24) is 0 Å². The van der Waals surface area contributed by atoms with Gasteiger partial charge in [0.2, 0.25) is 0 Å². The first-order valence-corrected chi connectivity index (χ1v) is 14.2. The van der Waals surface area contributed by atoms with E-state index in [-0.39, 0.29) is 20.0 Å². The average Bonchev–Trinajstić information content (AvgIpc) is 2.63. The van der Waals surface area contributed by atoms with Crippen LogP contribution in [0.1, 0.15) is 70.6 Å². The van der Waals surface area contributed by atoms with Crippen molar-refractivity contribution in [2.75, 3.05) is 6.61 Å². The molecule has 0 heterocycles. The molecule has 0 aromatic heterocycles. The van der Waals surface area contributed by atoms with Crippen LogP contribution in [0.15, 0.2) is 48.5 Å². The predicted octanol–water partition coefficient (Wildman–Crippen LogP) is 7.35. The summed E-state index contributed by atoms with van der Waals surface area (Å²) in [6.07, 6.45) is 0. The number of aliphatic hydroxyl groups is 1. The molecule has 0 bridgehead atoms. The Labute approximate surface area is 182 Å². The lowest BCUT2D eigenvalue weighted by Crippen LogP contribution is -2.37. The molecule has 2 atom stereocenters. The van der Waals surface area contributed by atoms with Crippen LogP contribution in [0.2, 0.25) is 19.6 Å². The fraction of sp³-hybridized carbons (Fsp3) is 0.556. The minimum Gasteiger partial charge on any atom is -0.396 e. The minimum atomic E-state index is -1.12. The molecule has 1 nitrogen and oxygen atoms in total. The van der Waals surface area contributed by atoms with Crippen molar-refractivity contribution in [3.8, 4) is 0 Å². The lowest BCUT2D eigenvalue weighted by Gasteiger charge is -2.20. The molecule has 2 heteroatoms. The van der Waals surface area contributed by atoms with Gasteiger partial charge in [-0.15, -0.1) is 0 Å². The highest BCUT2D eigenvalue weighted by molar-refractivity contribution is 6.88. The first-order chi connectivity index (χ1) is 13.0. The van der Waals surface area contributed by atoms with Gasteiger partial charge < -0.3 is 5.11 Å². The maximum absolute atomic E-state index is 9.22. The Hall–Kier alpha value is -1.38. The second-order valence-electron chi connectivity index (χ2n) is 9.85. The molecule has 164 valence electrons. The monoisotopic (exact) mass is 414 g/mol. The molecule has 29 heavy (non-hydrogen) atoms. The predicted molar refractivity (Wildman–Crippen MR) is 135 cm³/mol. The highest BCUT2D eigenvalue weighted by Gasteiger charge is 2.17. The van der Waals surface area contributed by atoms with Gasteiger partial charge in [-0.1, -0.05) is 121 Å². The molecule has 2 aromatic carbocycles. The molecule has 0 amide bonds. The Morgan fingerprint density at radius 3 is 1.52 bits per heavy atom. The number of aliphatic hydroxyl groups excluding tert-OH is 1. The van der Waals surface area contributed by atoms with E-state index in [0.717, 1.165) is 5.92 Å². The molecule has 0 aliphatic carbocycles. The maximum atomic E-state index is 9.22. The molecule has 2 unspecified atom stereocenters. The summed E-state index contributed by atoms with van der Waals surface area (Å²) in [5.41, 5.74) is 3.99. The van der Waals surface area contributed by atoms with Crippen molar-refractivity contribution in [3.63, 3.8) is 0 Å². The fourth-order valence-corrected chi connectivity index (χ4v) is 4.35. The van der Waals surface area contributed by atoms with Gasteiger partial charge in [-0.25, -0.2) is 0 Å². The number of hydrogen-bond acceptors (Lipinski definition) is 1. The molecule has 0 saturated carbocycles. The maximum Gasteiger partial charge on any atom is 0.0775 e. The SMILES string of the molecule is C.CC(C)C(C)c1ccc([Si](C)(C)C)cc1.Cc1ccc(C(CO)C(C)C)cc1. The topological polar surface area (TPSA) is 20.2 Å². The van der Waals surface area contributed by atoms with Gasteiger partial charge in [0.1, 0.15) is 0 Å². The van der Waals surface area contributed by atoms with Gasteiger partial charge in [-0.2, -0.15) is 0 Å². The van der Waals surface area contributed by atoms with Gasteiger partial charge in [0.15, 0.2) is 0 Å².